The van der Waals surface area contributed by atoms with Crippen LogP contribution in [-0.2, 0) is 11.3 Å². The van der Waals surface area contributed by atoms with Crippen LogP contribution < -0.4 is 21.9 Å². The third-order valence-electron chi connectivity index (χ3n) is 5.02. The summed E-state index contributed by atoms with van der Waals surface area (Å²) in [6.07, 6.45) is 4.82. The molecule has 1 saturated carbocycles. The summed E-state index contributed by atoms with van der Waals surface area (Å²) >= 11 is 0. The van der Waals surface area contributed by atoms with Crippen molar-refractivity contribution in [2.75, 3.05) is 17.7 Å². The van der Waals surface area contributed by atoms with E-state index in [0.717, 1.165) is 37.7 Å². The van der Waals surface area contributed by atoms with Gasteiger partial charge < -0.3 is 10.6 Å². The molecule has 1 aromatic carbocycles. The van der Waals surface area contributed by atoms with Gasteiger partial charge in [0.05, 0.1) is 6.54 Å². The SMILES string of the molecule is CN(C(=O)C1CCCCC1)c1c(N)n(Cc2ccccc2)c(=O)[nH]c1=O. The van der Waals surface area contributed by atoms with E-state index < -0.39 is 11.2 Å². The number of nitrogen functional groups attached to an aromatic ring is 1. The lowest BCUT2D eigenvalue weighted by molar-refractivity contribution is -0.123. The van der Waals surface area contributed by atoms with Crippen LogP contribution in [0.4, 0.5) is 11.5 Å². The second-order valence-corrected chi connectivity index (χ2v) is 6.80. The molecule has 0 radical (unpaired) electrons. The molecule has 1 heterocycles. The molecule has 1 aromatic heterocycles. The molecule has 1 fully saturated rings. The standard InChI is InChI=1S/C19H24N4O3/c1-22(18(25)14-10-6-3-7-11-14)15-16(20)23(19(26)21-17(15)24)12-13-8-4-2-5-9-13/h2,4-5,8-9,14H,3,6-7,10-12,20H2,1H3,(H,21,24,26). The quantitative estimate of drug-likeness (QED) is 0.871. The van der Waals surface area contributed by atoms with Gasteiger partial charge in [-0.1, -0.05) is 49.6 Å². The molecule has 0 aliphatic heterocycles. The van der Waals surface area contributed by atoms with Crippen molar-refractivity contribution in [1.82, 2.24) is 9.55 Å². The van der Waals surface area contributed by atoms with E-state index in [2.05, 4.69) is 4.98 Å². The highest BCUT2D eigenvalue weighted by atomic mass is 16.2. The number of amides is 1. The average molecular weight is 356 g/mol. The van der Waals surface area contributed by atoms with Crippen molar-refractivity contribution in [3.8, 4) is 0 Å². The normalized spacial score (nSPS) is 15.0. The number of aromatic amines is 1. The molecule has 3 N–H and O–H groups in total. The Morgan fingerprint density at radius 2 is 1.85 bits per heavy atom. The summed E-state index contributed by atoms with van der Waals surface area (Å²) in [7, 11) is 1.55. The molecule has 138 valence electrons. The van der Waals surface area contributed by atoms with Crippen LogP contribution >= 0.6 is 0 Å². The van der Waals surface area contributed by atoms with Crippen LogP contribution in [0.15, 0.2) is 39.9 Å². The van der Waals surface area contributed by atoms with Crippen molar-refractivity contribution in [2.24, 2.45) is 5.92 Å². The fourth-order valence-electron chi connectivity index (χ4n) is 3.56. The van der Waals surface area contributed by atoms with Crippen LogP contribution in [0, 0.1) is 5.92 Å². The maximum Gasteiger partial charge on any atom is 0.330 e. The number of hydrogen-bond acceptors (Lipinski definition) is 4. The summed E-state index contributed by atoms with van der Waals surface area (Å²) < 4.78 is 1.29. The number of H-pyrrole nitrogens is 1. The molecule has 26 heavy (non-hydrogen) atoms. The molecule has 2 aromatic rings. The van der Waals surface area contributed by atoms with Crippen molar-refractivity contribution in [1.29, 1.82) is 0 Å². The average Bonchev–Trinajstić information content (AvgIpc) is 2.66. The van der Waals surface area contributed by atoms with Crippen molar-refractivity contribution in [2.45, 2.75) is 38.6 Å². The zero-order valence-corrected chi connectivity index (χ0v) is 14.9. The number of benzene rings is 1. The summed E-state index contributed by atoms with van der Waals surface area (Å²) in [5.74, 6) is -0.205. The van der Waals surface area contributed by atoms with E-state index in [1.807, 2.05) is 30.3 Å². The first-order valence-electron chi connectivity index (χ1n) is 8.93. The molecule has 1 aliphatic carbocycles. The lowest BCUT2D eigenvalue weighted by Gasteiger charge is -2.27. The van der Waals surface area contributed by atoms with E-state index in [4.69, 9.17) is 5.73 Å². The van der Waals surface area contributed by atoms with Gasteiger partial charge in [0.1, 0.15) is 5.82 Å². The van der Waals surface area contributed by atoms with Crippen molar-refractivity contribution in [3.63, 3.8) is 0 Å². The maximum absolute atomic E-state index is 12.8. The van der Waals surface area contributed by atoms with Crippen LogP contribution in [0.1, 0.15) is 37.7 Å². The summed E-state index contributed by atoms with van der Waals surface area (Å²) in [4.78, 5) is 41.0. The molecular weight excluding hydrogens is 332 g/mol. The Labute approximate surface area is 151 Å². The van der Waals surface area contributed by atoms with Gasteiger partial charge in [0.15, 0.2) is 5.69 Å². The van der Waals surface area contributed by atoms with Gasteiger partial charge in [-0.05, 0) is 18.4 Å². The zero-order valence-electron chi connectivity index (χ0n) is 14.9. The summed E-state index contributed by atoms with van der Waals surface area (Å²) in [6.45, 7) is 0.223. The van der Waals surface area contributed by atoms with Crippen LogP contribution in [0.5, 0.6) is 0 Å². The van der Waals surface area contributed by atoms with Crippen molar-refractivity contribution in [3.05, 3.63) is 56.7 Å². The minimum atomic E-state index is -0.636. The number of nitrogens with zero attached hydrogens (tertiary/aromatic N) is 2. The highest BCUT2D eigenvalue weighted by Crippen LogP contribution is 2.27. The first kappa shape index (κ1) is 18.0. The Balaban J connectivity index is 1.96. The molecule has 7 nitrogen and oxygen atoms in total. The van der Waals surface area contributed by atoms with Gasteiger partial charge in [0, 0.05) is 13.0 Å². The Hall–Kier alpha value is -2.83. The van der Waals surface area contributed by atoms with E-state index in [-0.39, 0.29) is 29.9 Å². The fourth-order valence-corrected chi connectivity index (χ4v) is 3.56. The van der Waals surface area contributed by atoms with E-state index in [1.165, 1.54) is 9.47 Å². The molecule has 1 aliphatic rings. The zero-order chi connectivity index (χ0) is 18.7. The number of aromatic nitrogens is 2. The van der Waals surface area contributed by atoms with Gasteiger partial charge >= 0.3 is 5.69 Å². The number of carbonyl (C=O) groups is 1. The van der Waals surface area contributed by atoms with Crippen molar-refractivity contribution < 1.29 is 4.79 Å². The second-order valence-electron chi connectivity index (χ2n) is 6.80. The summed E-state index contributed by atoms with van der Waals surface area (Å²) in [6, 6.07) is 9.34. The fraction of sp³-hybridized carbons (Fsp3) is 0.421. The van der Waals surface area contributed by atoms with E-state index >= 15 is 0 Å². The molecule has 0 saturated heterocycles. The summed E-state index contributed by atoms with van der Waals surface area (Å²) in [5, 5.41) is 0. The number of hydrogen-bond donors (Lipinski definition) is 2. The molecule has 0 bridgehead atoms. The third-order valence-corrected chi connectivity index (χ3v) is 5.02. The largest absolute Gasteiger partial charge is 0.383 e. The van der Waals surface area contributed by atoms with Gasteiger partial charge in [-0.15, -0.1) is 0 Å². The predicted molar refractivity (Wildman–Crippen MR) is 101 cm³/mol. The lowest BCUT2D eigenvalue weighted by atomic mass is 9.88. The number of carbonyl (C=O) groups excluding carboxylic acids is 1. The smallest absolute Gasteiger partial charge is 0.330 e. The molecule has 3 rings (SSSR count). The molecular formula is C19H24N4O3. The number of nitrogens with two attached hydrogens (primary N) is 1. The first-order chi connectivity index (χ1) is 12.5. The van der Waals surface area contributed by atoms with Crippen LogP contribution in [0.3, 0.4) is 0 Å². The molecule has 0 atom stereocenters. The van der Waals surface area contributed by atoms with Gasteiger partial charge in [0.25, 0.3) is 5.56 Å². The maximum atomic E-state index is 12.8. The van der Waals surface area contributed by atoms with Crippen LogP contribution in [0.2, 0.25) is 0 Å². The Bertz CT molecular complexity index is 895. The van der Waals surface area contributed by atoms with Gasteiger partial charge in [-0.3, -0.25) is 19.1 Å². The van der Waals surface area contributed by atoms with Crippen LogP contribution in [0.25, 0.3) is 0 Å². The van der Waals surface area contributed by atoms with Crippen molar-refractivity contribution >= 4 is 17.4 Å². The number of anilines is 2. The summed E-state index contributed by atoms with van der Waals surface area (Å²) in [5.41, 5.74) is 5.84. The Kier molecular flexibility index (Phi) is 5.25. The highest BCUT2D eigenvalue weighted by Gasteiger charge is 2.28. The first-order valence-corrected chi connectivity index (χ1v) is 8.93. The lowest BCUT2D eigenvalue weighted by Crippen LogP contribution is -2.41. The molecule has 7 heteroatoms. The van der Waals surface area contributed by atoms with Gasteiger partial charge in [0.2, 0.25) is 5.91 Å². The molecule has 1 amide bonds. The number of rotatable bonds is 4. The Morgan fingerprint density at radius 1 is 1.19 bits per heavy atom. The van der Waals surface area contributed by atoms with E-state index in [0.29, 0.717) is 0 Å². The van der Waals surface area contributed by atoms with Gasteiger partial charge in [-0.25, -0.2) is 4.79 Å². The molecule has 0 unspecified atom stereocenters. The topological polar surface area (TPSA) is 101 Å². The molecule has 0 spiro atoms. The predicted octanol–water partition coefficient (Wildman–Crippen LogP) is 1.71. The Morgan fingerprint density at radius 3 is 2.50 bits per heavy atom. The highest BCUT2D eigenvalue weighted by molar-refractivity contribution is 5.96. The third kappa shape index (κ3) is 3.56. The van der Waals surface area contributed by atoms with E-state index in [1.54, 1.807) is 7.05 Å². The minimum Gasteiger partial charge on any atom is -0.383 e. The number of nitrogens with one attached hydrogen (secondary N) is 1. The van der Waals surface area contributed by atoms with Crippen LogP contribution in [-0.4, -0.2) is 22.5 Å². The monoisotopic (exact) mass is 356 g/mol. The van der Waals surface area contributed by atoms with E-state index in [9.17, 15) is 14.4 Å². The minimum absolute atomic E-state index is 0.00858. The van der Waals surface area contributed by atoms with Gasteiger partial charge in [-0.2, -0.15) is 0 Å². The second kappa shape index (κ2) is 7.59.